The number of rotatable bonds is 2. The first-order valence-corrected chi connectivity index (χ1v) is 4.84. The van der Waals surface area contributed by atoms with E-state index in [0.717, 1.165) is 18.4 Å². The second-order valence-corrected chi connectivity index (χ2v) is 4.24. The quantitative estimate of drug-likeness (QED) is 0.508. The van der Waals surface area contributed by atoms with Crippen LogP contribution >= 0.6 is 0 Å². The molecule has 1 aliphatic rings. The normalized spacial score (nSPS) is 38.6. The van der Waals surface area contributed by atoms with Crippen molar-refractivity contribution in [1.29, 1.82) is 0 Å². The van der Waals surface area contributed by atoms with Crippen LogP contribution in [-0.4, -0.2) is 10.7 Å². The molecular weight excluding hydrogens is 160 g/mol. The number of hydrogen-bond acceptors (Lipinski definition) is 1. The summed E-state index contributed by atoms with van der Waals surface area (Å²) in [5, 5.41) is 10.3. The summed E-state index contributed by atoms with van der Waals surface area (Å²) in [5.74, 6) is 3.36. The highest BCUT2D eigenvalue weighted by atomic mass is 16.3. The van der Waals surface area contributed by atoms with Crippen LogP contribution in [0.2, 0.25) is 0 Å². The van der Waals surface area contributed by atoms with Gasteiger partial charge >= 0.3 is 0 Å². The van der Waals surface area contributed by atoms with Gasteiger partial charge in [-0.25, -0.2) is 0 Å². The SMILES string of the molecule is C#CC[C@H]1[C@H](C)CC[C@]1(O)C(=C)C. The molecule has 0 aromatic heterocycles. The summed E-state index contributed by atoms with van der Waals surface area (Å²) >= 11 is 0. The van der Waals surface area contributed by atoms with E-state index in [4.69, 9.17) is 6.42 Å². The molecule has 0 heterocycles. The van der Waals surface area contributed by atoms with Crippen LogP contribution in [0.4, 0.5) is 0 Å². The minimum Gasteiger partial charge on any atom is -0.385 e. The van der Waals surface area contributed by atoms with Crippen LogP contribution in [0, 0.1) is 24.2 Å². The predicted molar refractivity (Wildman–Crippen MR) is 55.1 cm³/mol. The Morgan fingerprint density at radius 1 is 1.77 bits per heavy atom. The van der Waals surface area contributed by atoms with E-state index in [1.54, 1.807) is 0 Å². The van der Waals surface area contributed by atoms with Crippen LogP contribution in [-0.2, 0) is 0 Å². The molecule has 0 aromatic rings. The van der Waals surface area contributed by atoms with E-state index in [0.29, 0.717) is 12.3 Å². The molecule has 13 heavy (non-hydrogen) atoms. The molecule has 1 fully saturated rings. The van der Waals surface area contributed by atoms with Gasteiger partial charge in [0.05, 0.1) is 5.60 Å². The fraction of sp³-hybridized carbons (Fsp3) is 0.667. The summed E-state index contributed by atoms with van der Waals surface area (Å²) in [6.45, 7) is 7.90. The Morgan fingerprint density at radius 2 is 2.38 bits per heavy atom. The zero-order valence-electron chi connectivity index (χ0n) is 8.51. The average molecular weight is 178 g/mol. The van der Waals surface area contributed by atoms with Gasteiger partial charge in [-0.05, 0) is 31.3 Å². The van der Waals surface area contributed by atoms with Gasteiger partial charge in [0.25, 0.3) is 0 Å². The number of hydrogen-bond donors (Lipinski definition) is 1. The van der Waals surface area contributed by atoms with Crippen LogP contribution in [0.25, 0.3) is 0 Å². The van der Waals surface area contributed by atoms with Gasteiger partial charge in [0.1, 0.15) is 0 Å². The zero-order chi connectivity index (χ0) is 10.1. The number of aliphatic hydroxyl groups is 1. The molecule has 1 heteroatoms. The van der Waals surface area contributed by atoms with E-state index in [9.17, 15) is 5.11 Å². The molecule has 72 valence electrons. The Balaban J connectivity index is 2.87. The second-order valence-electron chi connectivity index (χ2n) is 4.24. The third kappa shape index (κ3) is 1.64. The monoisotopic (exact) mass is 178 g/mol. The van der Waals surface area contributed by atoms with E-state index in [1.807, 2.05) is 6.92 Å². The van der Waals surface area contributed by atoms with Crippen molar-refractivity contribution in [2.45, 2.75) is 38.7 Å². The molecule has 1 aliphatic carbocycles. The highest BCUT2D eigenvalue weighted by Gasteiger charge is 2.45. The van der Waals surface area contributed by atoms with Crippen molar-refractivity contribution in [3.8, 4) is 12.3 Å². The molecule has 3 atom stereocenters. The standard InChI is InChI=1S/C12H18O/c1-5-6-11-10(4)7-8-12(11,13)9(2)3/h1,10-11,13H,2,6-8H2,3-4H3/t10-,11+,12+/m1/s1. The van der Waals surface area contributed by atoms with E-state index < -0.39 is 5.60 Å². The highest BCUT2D eigenvalue weighted by Crippen LogP contribution is 2.45. The van der Waals surface area contributed by atoms with E-state index in [2.05, 4.69) is 19.4 Å². The fourth-order valence-corrected chi connectivity index (χ4v) is 2.33. The Kier molecular flexibility index (Phi) is 2.83. The van der Waals surface area contributed by atoms with Crippen molar-refractivity contribution >= 4 is 0 Å². The lowest BCUT2D eigenvalue weighted by molar-refractivity contribution is 0.0322. The second kappa shape index (κ2) is 3.55. The van der Waals surface area contributed by atoms with Crippen molar-refractivity contribution in [2.75, 3.05) is 0 Å². The van der Waals surface area contributed by atoms with E-state index in [-0.39, 0.29) is 5.92 Å². The molecule has 1 nitrogen and oxygen atoms in total. The summed E-state index contributed by atoms with van der Waals surface area (Å²) in [7, 11) is 0. The lowest BCUT2D eigenvalue weighted by atomic mass is 9.80. The maximum Gasteiger partial charge on any atom is 0.0891 e. The molecule has 0 saturated heterocycles. The van der Waals surface area contributed by atoms with Gasteiger partial charge in [0, 0.05) is 12.3 Å². The molecule has 0 spiro atoms. The molecule has 0 radical (unpaired) electrons. The third-order valence-corrected chi connectivity index (χ3v) is 3.36. The summed E-state index contributed by atoms with van der Waals surface area (Å²) in [4.78, 5) is 0. The maximum atomic E-state index is 10.3. The maximum absolute atomic E-state index is 10.3. The topological polar surface area (TPSA) is 20.2 Å². The Morgan fingerprint density at radius 3 is 2.85 bits per heavy atom. The fourth-order valence-electron chi connectivity index (χ4n) is 2.33. The van der Waals surface area contributed by atoms with Crippen LogP contribution < -0.4 is 0 Å². The number of terminal acetylenes is 1. The summed E-state index contributed by atoms with van der Waals surface area (Å²) in [6.07, 6.45) is 7.82. The molecule has 1 N–H and O–H groups in total. The average Bonchev–Trinajstić information content (AvgIpc) is 2.34. The largest absolute Gasteiger partial charge is 0.385 e. The molecule has 0 aromatic carbocycles. The van der Waals surface area contributed by atoms with Gasteiger partial charge in [-0.15, -0.1) is 12.3 Å². The highest BCUT2D eigenvalue weighted by molar-refractivity contribution is 5.17. The van der Waals surface area contributed by atoms with Gasteiger partial charge in [-0.2, -0.15) is 0 Å². The smallest absolute Gasteiger partial charge is 0.0891 e. The predicted octanol–water partition coefficient (Wildman–Crippen LogP) is 2.36. The van der Waals surface area contributed by atoms with Crippen molar-refractivity contribution in [3.63, 3.8) is 0 Å². The van der Waals surface area contributed by atoms with Crippen LogP contribution in [0.3, 0.4) is 0 Å². The van der Waals surface area contributed by atoms with Gasteiger partial charge < -0.3 is 5.11 Å². The summed E-state index contributed by atoms with van der Waals surface area (Å²) < 4.78 is 0. The zero-order valence-corrected chi connectivity index (χ0v) is 8.51. The minimum atomic E-state index is -0.703. The van der Waals surface area contributed by atoms with Crippen molar-refractivity contribution in [2.24, 2.45) is 11.8 Å². The molecule has 0 amide bonds. The van der Waals surface area contributed by atoms with Crippen molar-refractivity contribution in [1.82, 2.24) is 0 Å². The van der Waals surface area contributed by atoms with Crippen LogP contribution in [0.15, 0.2) is 12.2 Å². The Bertz CT molecular complexity index is 248. The van der Waals surface area contributed by atoms with E-state index >= 15 is 0 Å². The van der Waals surface area contributed by atoms with Gasteiger partial charge in [0.15, 0.2) is 0 Å². The first kappa shape index (κ1) is 10.3. The molecule has 0 unspecified atom stereocenters. The Hall–Kier alpha value is -0.740. The molecule has 1 rings (SSSR count). The summed E-state index contributed by atoms with van der Waals surface area (Å²) in [6, 6.07) is 0. The lowest BCUT2D eigenvalue weighted by Crippen LogP contribution is -2.35. The van der Waals surface area contributed by atoms with E-state index in [1.165, 1.54) is 0 Å². The lowest BCUT2D eigenvalue weighted by Gasteiger charge is -2.31. The van der Waals surface area contributed by atoms with Gasteiger partial charge in [-0.3, -0.25) is 0 Å². The van der Waals surface area contributed by atoms with Crippen molar-refractivity contribution in [3.05, 3.63) is 12.2 Å². The first-order valence-electron chi connectivity index (χ1n) is 4.84. The minimum absolute atomic E-state index is 0.204. The molecular formula is C12H18O. The first-order chi connectivity index (χ1) is 6.02. The Labute approximate surface area is 80.9 Å². The van der Waals surface area contributed by atoms with Crippen molar-refractivity contribution < 1.29 is 5.11 Å². The van der Waals surface area contributed by atoms with Gasteiger partial charge in [0.2, 0.25) is 0 Å². The molecule has 0 bridgehead atoms. The van der Waals surface area contributed by atoms with Crippen LogP contribution in [0.1, 0.15) is 33.1 Å². The molecule has 1 saturated carbocycles. The molecule has 0 aliphatic heterocycles. The van der Waals surface area contributed by atoms with Gasteiger partial charge in [-0.1, -0.05) is 13.5 Å². The summed E-state index contributed by atoms with van der Waals surface area (Å²) in [5.41, 5.74) is 0.156. The van der Waals surface area contributed by atoms with Crippen LogP contribution in [0.5, 0.6) is 0 Å². The third-order valence-electron chi connectivity index (χ3n) is 3.36.